The minimum atomic E-state index is 0.587. The molecule has 5 rings (SSSR count). The van der Waals surface area contributed by atoms with Crippen molar-refractivity contribution in [3.05, 3.63) is 34.3 Å². The Labute approximate surface area is 150 Å². The lowest BCUT2D eigenvalue weighted by Gasteiger charge is -2.34. The van der Waals surface area contributed by atoms with Crippen molar-refractivity contribution in [3.8, 4) is 0 Å². The fourth-order valence-electron chi connectivity index (χ4n) is 3.50. The molecule has 130 valence electrons. The highest BCUT2D eigenvalue weighted by molar-refractivity contribution is 7.09. The van der Waals surface area contributed by atoms with Gasteiger partial charge in [-0.15, -0.1) is 21.5 Å². The van der Waals surface area contributed by atoms with Crippen LogP contribution in [0, 0.1) is 6.92 Å². The zero-order valence-electron chi connectivity index (χ0n) is 14.3. The minimum absolute atomic E-state index is 0.587. The van der Waals surface area contributed by atoms with E-state index in [1.165, 1.54) is 18.5 Å². The molecule has 0 unspecified atom stereocenters. The van der Waals surface area contributed by atoms with E-state index in [9.17, 15) is 0 Å². The maximum Gasteiger partial charge on any atom is 0.203 e. The molecule has 8 heteroatoms. The summed E-state index contributed by atoms with van der Waals surface area (Å²) in [5, 5.41) is 12.2. The van der Waals surface area contributed by atoms with E-state index in [0.29, 0.717) is 5.92 Å². The molecule has 2 fully saturated rings. The zero-order chi connectivity index (χ0) is 16.8. The normalized spacial score (nSPS) is 19.0. The molecule has 1 saturated carbocycles. The number of fused-ring (bicyclic) bond motifs is 1. The third-order valence-electron chi connectivity index (χ3n) is 5.00. The number of aryl methyl sites for hydroxylation is 1. The second-order valence-corrected chi connectivity index (χ2v) is 7.96. The van der Waals surface area contributed by atoms with Crippen molar-refractivity contribution in [2.45, 2.75) is 32.2 Å². The zero-order valence-corrected chi connectivity index (χ0v) is 15.1. The molecule has 0 atom stereocenters. The van der Waals surface area contributed by atoms with Crippen molar-refractivity contribution in [3.63, 3.8) is 0 Å². The number of rotatable bonds is 4. The summed E-state index contributed by atoms with van der Waals surface area (Å²) in [7, 11) is 0. The van der Waals surface area contributed by atoms with Crippen LogP contribution in [-0.2, 0) is 6.54 Å². The number of hydrogen-bond donors (Lipinski definition) is 0. The summed E-state index contributed by atoms with van der Waals surface area (Å²) in [6, 6.07) is 0. The van der Waals surface area contributed by atoms with E-state index in [1.807, 2.05) is 12.4 Å². The summed E-state index contributed by atoms with van der Waals surface area (Å²) >= 11 is 1.73. The molecule has 0 N–H and O–H groups in total. The molecule has 0 radical (unpaired) electrons. The molecule has 0 amide bonds. The molecule has 0 spiro atoms. The van der Waals surface area contributed by atoms with Gasteiger partial charge in [-0.05, 0) is 19.8 Å². The van der Waals surface area contributed by atoms with Crippen LogP contribution in [0.15, 0.2) is 17.8 Å². The highest BCUT2D eigenvalue weighted by atomic mass is 32.1. The Balaban J connectivity index is 1.31. The summed E-state index contributed by atoms with van der Waals surface area (Å²) in [5.41, 5.74) is 2.08. The van der Waals surface area contributed by atoms with Crippen molar-refractivity contribution < 1.29 is 0 Å². The molecule has 7 nitrogen and oxygen atoms in total. The molecule has 1 aliphatic carbocycles. The lowest BCUT2D eigenvalue weighted by atomic mass is 10.3. The fraction of sp³-hybridized carbons (Fsp3) is 0.529. The molecule has 2 aliphatic rings. The first-order valence-electron chi connectivity index (χ1n) is 8.86. The highest BCUT2D eigenvalue weighted by Gasteiger charge is 2.30. The topological polar surface area (TPSA) is 62.5 Å². The molecule has 3 aromatic rings. The van der Waals surface area contributed by atoms with Gasteiger partial charge in [0.25, 0.3) is 0 Å². The Kier molecular flexibility index (Phi) is 3.67. The molecular weight excluding hydrogens is 334 g/mol. The molecular formula is C17H21N7S. The quantitative estimate of drug-likeness (QED) is 0.714. The number of thiazole rings is 1. The van der Waals surface area contributed by atoms with Gasteiger partial charge in [0.05, 0.1) is 10.7 Å². The Morgan fingerprint density at radius 2 is 2.00 bits per heavy atom. The van der Waals surface area contributed by atoms with Crippen LogP contribution in [0.5, 0.6) is 0 Å². The van der Waals surface area contributed by atoms with Crippen LogP contribution in [-0.4, -0.2) is 55.6 Å². The van der Waals surface area contributed by atoms with E-state index in [2.05, 4.69) is 46.7 Å². The van der Waals surface area contributed by atoms with Crippen LogP contribution in [0.2, 0.25) is 0 Å². The first-order chi connectivity index (χ1) is 12.3. The van der Waals surface area contributed by atoms with Crippen molar-refractivity contribution in [1.29, 1.82) is 0 Å². The molecule has 4 heterocycles. The summed E-state index contributed by atoms with van der Waals surface area (Å²) in [6.45, 7) is 6.95. The van der Waals surface area contributed by atoms with Crippen LogP contribution in [0.3, 0.4) is 0 Å². The summed E-state index contributed by atoms with van der Waals surface area (Å²) < 4.78 is 2.13. The average molecular weight is 355 g/mol. The SMILES string of the molecule is Cc1nc(CN2CCN(c3nccn4c(C5CC5)nnc34)CC2)cs1. The average Bonchev–Trinajstić information content (AvgIpc) is 3.25. The summed E-state index contributed by atoms with van der Waals surface area (Å²) in [6.07, 6.45) is 6.33. The van der Waals surface area contributed by atoms with E-state index in [1.54, 1.807) is 11.3 Å². The van der Waals surface area contributed by atoms with Crippen LogP contribution in [0.25, 0.3) is 5.65 Å². The first kappa shape index (κ1) is 15.2. The predicted molar refractivity (Wildman–Crippen MR) is 97.1 cm³/mol. The van der Waals surface area contributed by atoms with Gasteiger partial charge in [-0.1, -0.05) is 0 Å². The van der Waals surface area contributed by atoms with Gasteiger partial charge in [0.2, 0.25) is 5.65 Å². The third kappa shape index (κ3) is 2.89. The van der Waals surface area contributed by atoms with Gasteiger partial charge < -0.3 is 4.90 Å². The van der Waals surface area contributed by atoms with Crippen molar-refractivity contribution in [2.75, 3.05) is 31.1 Å². The van der Waals surface area contributed by atoms with E-state index < -0.39 is 0 Å². The Morgan fingerprint density at radius 1 is 1.16 bits per heavy atom. The predicted octanol–water partition coefficient (Wildman–Crippen LogP) is 2.09. The Morgan fingerprint density at radius 3 is 2.72 bits per heavy atom. The molecule has 3 aromatic heterocycles. The van der Waals surface area contributed by atoms with Gasteiger partial charge in [0.1, 0.15) is 5.82 Å². The van der Waals surface area contributed by atoms with E-state index in [-0.39, 0.29) is 0 Å². The highest BCUT2D eigenvalue weighted by Crippen LogP contribution is 2.39. The lowest BCUT2D eigenvalue weighted by molar-refractivity contribution is 0.247. The summed E-state index contributed by atoms with van der Waals surface area (Å²) in [4.78, 5) is 14.0. The van der Waals surface area contributed by atoms with E-state index in [0.717, 1.165) is 55.0 Å². The van der Waals surface area contributed by atoms with Crippen LogP contribution in [0.1, 0.15) is 35.3 Å². The molecule has 1 aliphatic heterocycles. The maximum absolute atomic E-state index is 4.61. The van der Waals surface area contributed by atoms with Crippen LogP contribution in [0.4, 0.5) is 5.82 Å². The number of hydrogen-bond acceptors (Lipinski definition) is 7. The van der Waals surface area contributed by atoms with Crippen molar-refractivity contribution in [1.82, 2.24) is 29.5 Å². The van der Waals surface area contributed by atoms with Crippen molar-refractivity contribution >= 4 is 22.8 Å². The number of piperazine rings is 1. The number of anilines is 1. The van der Waals surface area contributed by atoms with E-state index in [4.69, 9.17) is 0 Å². The Bertz CT molecular complexity index is 889. The van der Waals surface area contributed by atoms with Gasteiger partial charge in [0, 0.05) is 56.4 Å². The van der Waals surface area contributed by atoms with Crippen LogP contribution >= 0.6 is 11.3 Å². The van der Waals surface area contributed by atoms with Gasteiger partial charge in [0.15, 0.2) is 5.82 Å². The molecule has 0 aromatic carbocycles. The largest absolute Gasteiger partial charge is 0.351 e. The standard InChI is InChI=1S/C17H21N7S/c1-12-19-14(11-25-12)10-22-6-8-23(9-7-22)16-17-21-20-15(13-2-3-13)24(17)5-4-18-16/h4-5,11,13H,2-3,6-10H2,1H3. The molecule has 25 heavy (non-hydrogen) atoms. The number of aromatic nitrogens is 5. The fourth-order valence-corrected chi connectivity index (χ4v) is 4.11. The van der Waals surface area contributed by atoms with E-state index >= 15 is 0 Å². The van der Waals surface area contributed by atoms with Gasteiger partial charge in [-0.25, -0.2) is 9.97 Å². The maximum atomic E-state index is 4.61. The second-order valence-electron chi connectivity index (χ2n) is 6.90. The second kappa shape index (κ2) is 6.03. The summed E-state index contributed by atoms with van der Waals surface area (Å²) in [5.74, 6) is 2.64. The smallest absolute Gasteiger partial charge is 0.203 e. The van der Waals surface area contributed by atoms with Crippen LogP contribution < -0.4 is 4.90 Å². The lowest BCUT2D eigenvalue weighted by Crippen LogP contribution is -2.46. The monoisotopic (exact) mass is 355 g/mol. The first-order valence-corrected chi connectivity index (χ1v) is 9.74. The number of nitrogens with zero attached hydrogens (tertiary/aromatic N) is 7. The van der Waals surface area contributed by atoms with Crippen molar-refractivity contribution in [2.24, 2.45) is 0 Å². The third-order valence-corrected chi connectivity index (χ3v) is 5.82. The van der Waals surface area contributed by atoms with Gasteiger partial charge >= 0.3 is 0 Å². The van der Waals surface area contributed by atoms with Gasteiger partial charge in [-0.3, -0.25) is 9.30 Å². The Hall–Kier alpha value is -2.06. The minimum Gasteiger partial charge on any atom is -0.351 e. The van der Waals surface area contributed by atoms with Gasteiger partial charge in [-0.2, -0.15) is 0 Å². The molecule has 0 bridgehead atoms. The molecule has 1 saturated heterocycles.